The van der Waals surface area contributed by atoms with Gasteiger partial charge in [0.15, 0.2) is 0 Å². The Morgan fingerprint density at radius 1 is 1.59 bits per heavy atom. The predicted octanol–water partition coefficient (Wildman–Crippen LogP) is 0.377. The van der Waals surface area contributed by atoms with Crippen LogP contribution >= 0.6 is 0 Å². The molecule has 0 fully saturated rings. The molecule has 1 rings (SSSR count). The number of ether oxygens (including phenoxy) is 1. The Morgan fingerprint density at radius 3 is 2.88 bits per heavy atom. The van der Waals surface area contributed by atoms with Crippen molar-refractivity contribution >= 4 is 5.69 Å². The first kappa shape index (κ1) is 13.0. The minimum Gasteiger partial charge on any atom is -0.481 e. The Kier molecular flexibility index (Phi) is 4.53. The molecule has 0 spiro atoms. The van der Waals surface area contributed by atoms with Crippen LogP contribution in [0.3, 0.4) is 0 Å². The van der Waals surface area contributed by atoms with Gasteiger partial charge >= 0.3 is 0 Å². The van der Waals surface area contributed by atoms with Gasteiger partial charge in [0, 0.05) is 11.0 Å². The topological polar surface area (TPSA) is 137 Å². The molecule has 0 aliphatic heterocycles. The van der Waals surface area contributed by atoms with E-state index in [4.69, 9.17) is 16.0 Å². The van der Waals surface area contributed by atoms with Crippen LogP contribution in [-0.4, -0.2) is 35.0 Å². The lowest BCUT2D eigenvalue weighted by Gasteiger charge is -2.17. The molecule has 0 aliphatic rings. The maximum absolute atomic E-state index is 9.79. The fourth-order valence-electron chi connectivity index (χ4n) is 1.22. The molecule has 1 heterocycles. The minimum atomic E-state index is -1.34. The van der Waals surface area contributed by atoms with Crippen LogP contribution in [0.4, 0.5) is 5.69 Å². The lowest BCUT2D eigenvalue weighted by Crippen LogP contribution is -2.23. The van der Waals surface area contributed by atoms with Gasteiger partial charge in [-0.25, -0.2) is 4.98 Å². The Balaban J connectivity index is 2.93. The van der Waals surface area contributed by atoms with Crippen molar-refractivity contribution in [3.63, 3.8) is 0 Å². The summed E-state index contributed by atoms with van der Waals surface area (Å²) in [5.74, 6) is 0.268. The fourth-order valence-corrected chi connectivity index (χ4v) is 1.22. The third-order valence-electron chi connectivity index (χ3n) is 2.12. The second kappa shape index (κ2) is 5.90. The van der Waals surface area contributed by atoms with Gasteiger partial charge in [0.1, 0.15) is 6.10 Å². The third-order valence-corrected chi connectivity index (χ3v) is 2.12. The monoisotopic (exact) mass is 239 g/mol. The van der Waals surface area contributed by atoms with Crippen LogP contribution in [0.1, 0.15) is 11.8 Å². The number of hydrogen-bond acceptors (Lipinski definition) is 6. The van der Waals surface area contributed by atoms with E-state index in [0.717, 1.165) is 0 Å². The van der Waals surface area contributed by atoms with Crippen molar-refractivity contribution in [2.45, 2.75) is 12.2 Å². The number of nitrogen functional groups attached to an aromatic ring is 1. The molecule has 4 N–H and O–H groups in total. The summed E-state index contributed by atoms with van der Waals surface area (Å²) >= 11 is 0. The summed E-state index contributed by atoms with van der Waals surface area (Å²) in [5.41, 5.74) is 14.0. The van der Waals surface area contributed by atoms with E-state index in [0.29, 0.717) is 0 Å². The number of nitrogens with zero attached hydrogens (tertiary/aromatic N) is 4. The first-order chi connectivity index (χ1) is 8.10. The predicted molar refractivity (Wildman–Crippen MR) is 60.2 cm³/mol. The second-order valence-electron chi connectivity index (χ2n) is 3.25. The highest BCUT2D eigenvalue weighted by Crippen LogP contribution is 2.23. The summed E-state index contributed by atoms with van der Waals surface area (Å²) in [6.45, 7) is -0.268. The van der Waals surface area contributed by atoms with Crippen molar-refractivity contribution in [1.29, 1.82) is 0 Å². The van der Waals surface area contributed by atoms with E-state index in [1.807, 2.05) is 0 Å². The van der Waals surface area contributed by atoms with E-state index < -0.39 is 12.2 Å². The minimum absolute atomic E-state index is 0.0880. The number of nitrogens with two attached hydrogens (primary N) is 1. The average Bonchev–Trinajstić information content (AvgIpc) is 2.35. The molecule has 8 heteroatoms. The summed E-state index contributed by atoms with van der Waals surface area (Å²) in [6.07, 6.45) is -2.61. The molecule has 0 saturated carbocycles. The van der Waals surface area contributed by atoms with Gasteiger partial charge < -0.3 is 20.7 Å². The second-order valence-corrected chi connectivity index (χ2v) is 3.25. The van der Waals surface area contributed by atoms with Gasteiger partial charge in [0.25, 0.3) is 0 Å². The molecular weight excluding hydrogens is 226 g/mol. The van der Waals surface area contributed by atoms with Gasteiger partial charge in [0.2, 0.25) is 5.88 Å². The number of aliphatic hydroxyl groups is 2. The van der Waals surface area contributed by atoms with E-state index >= 15 is 0 Å². The molecule has 0 aliphatic carbocycles. The van der Waals surface area contributed by atoms with E-state index in [2.05, 4.69) is 15.0 Å². The molecule has 0 saturated heterocycles. The number of hydrogen-bond donors (Lipinski definition) is 3. The standard InChI is InChI=1S/C9H13N5O3/c1-17-7-3-2-5(10)8(13-7)9(16)6(15)4-12-14-11/h2-3,6,9,15-16H,4,10H2,1H3. The summed E-state index contributed by atoms with van der Waals surface area (Å²) in [4.78, 5) is 6.41. The van der Waals surface area contributed by atoms with Gasteiger partial charge in [-0.2, -0.15) is 0 Å². The van der Waals surface area contributed by atoms with E-state index in [1.54, 1.807) is 0 Å². The van der Waals surface area contributed by atoms with Gasteiger partial charge in [-0.3, -0.25) is 0 Å². The highest BCUT2D eigenvalue weighted by Gasteiger charge is 2.22. The summed E-state index contributed by atoms with van der Waals surface area (Å²) in [7, 11) is 1.42. The molecule has 0 amide bonds. The molecule has 1 aromatic heterocycles. The van der Waals surface area contributed by atoms with Crippen molar-refractivity contribution in [2.24, 2.45) is 5.11 Å². The van der Waals surface area contributed by atoms with Gasteiger partial charge in [0.05, 0.1) is 31.1 Å². The largest absolute Gasteiger partial charge is 0.481 e. The molecular formula is C9H13N5O3. The highest BCUT2D eigenvalue weighted by molar-refractivity contribution is 5.46. The molecule has 2 atom stereocenters. The number of azide groups is 1. The molecule has 0 radical (unpaired) electrons. The molecule has 0 bridgehead atoms. The highest BCUT2D eigenvalue weighted by atomic mass is 16.5. The maximum atomic E-state index is 9.79. The van der Waals surface area contributed by atoms with Crippen molar-refractivity contribution in [2.75, 3.05) is 19.4 Å². The zero-order valence-electron chi connectivity index (χ0n) is 9.19. The number of aromatic nitrogens is 1. The molecule has 1 aromatic rings. The van der Waals surface area contributed by atoms with Crippen molar-refractivity contribution < 1.29 is 14.9 Å². The zero-order chi connectivity index (χ0) is 12.8. The maximum Gasteiger partial charge on any atom is 0.213 e. The zero-order valence-corrected chi connectivity index (χ0v) is 9.19. The van der Waals surface area contributed by atoms with Gasteiger partial charge in [-0.05, 0) is 11.6 Å². The molecule has 17 heavy (non-hydrogen) atoms. The summed E-state index contributed by atoms with van der Waals surface area (Å²) in [5, 5.41) is 22.5. The van der Waals surface area contributed by atoms with Gasteiger partial charge in [-0.1, -0.05) is 5.11 Å². The first-order valence-electron chi connectivity index (χ1n) is 4.77. The first-order valence-corrected chi connectivity index (χ1v) is 4.77. The number of aliphatic hydroxyl groups excluding tert-OH is 2. The van der Waals surface area contributed by atoms with E-state index in [9.17, 15) is 10.2 Å². The van der Waals surface area contributed by atoms with E-state index in [-0.39, 0.29) is 23.8 Å². The van der Waals surface area contributed by atoms with Crippen LogP contribution in [0.5, 0.6) is 5.88 Å². The SMILES string of the molecule is COc1ccc(N)c(C(O)C(O)CN=[N+]=[N-])n1. The van der Waals surface area contributed by atoms with Crippen LogP contribution in [0.25, 0.3) is 10.4 Å². The van der Waals surface area contributed by atoms with Crippen molar-refractivity contribution in [3.8, 4) is 5.88 Å². The smallest absolute Gasteiger partial charge is 0.213 e. The van der Waals surface area contributed by atoms with Crippen LogP contribution < -0.4 is 10.5 Å². The number of methoxy groups -OCH3 is 1. The third kappa shape index (κ3) is 3.22. The quantitative estimate of drug-likeness (QED) is 0.387. The molecule has 8 nitrogen and oxygen atoms in total. The lowest BCUT2D eigenvalue weighted by atomic mass is 10.1. The van der Waals surface area contributed by atoms with Crippen LogP contribution in [0.2, 0.25) is 0 Å². The van der Waals surface area contributed by atoms with Crippen molar-refractivity contribution in [3.05, 3.63) is 28.3 Å². The number of anilines is 1. The average molecular weight is 239 g/mol. The van der Waals surface area contributed by atoms with Crippen LogP contribution in [-0.2, 0) is 0 Å². The Morgan fingerprint density at radius 2 is 2.29 bits per heavy atom. The molecule has 0 aromatic carbocycles. The molecule has 2 unspecified atom stereocenters. The summed E-state index contributed by atoms with van der Waals surface area (Å²) < 4.78 is 4.88. The van der Waals surface area contributed by atoms with Crippen LogP contribution in [0.15, 0.2) is 17.2 Å². The Bertz CT molecular complexity index is 433. The Labute approximate surface area is 97.3 Å². The lowest BCUT2D eigenvalue weighted by molar-refractivity contribution is 0.0220. The van der Waals surface area contributed by atoms with Crippen LogP contribution in [0, 0.1) is 0 Å². The number of rotatable bonds is 5. The Hall–Kier alpha value is -2.02. The summed E-state index contributed by atoms with van der Waals surface area (Å²) in [6, 6.07) is 3.04. The number of pyridine rings is 1. The fraction of sp³-hybridized carbons (Fsp3) is 0.444. The molecule has 92 valence electrons. The van der Waals surface area contributed by atoms with E-state index in [1.165, 1.54) is 19.2 Å². The van der Waals surface area contributed by atoms with Gasteiger partial charge in [-0.15, -0.1) is 0 Å². The normalized spacial score (nSPS) is 13.6. The van der Waals surface area contributed by atoms with Crippen molar-refractivity contribution in [1.82, 2.24) is 4.98 Å².